The molecule has 6 heteroatoms. The van der Waals surface area contributed by atoms with Gasteiger partial charge >= 0.3 is 0 Å². The summed E-state index contributed by atoms with van der Waals surface area (Å²) in [6.07, 6.45) is 3.06. The number of aromatic nitrogens is 2. The maximum Gasteiger partial charge on any atom is 0.191 e. The highest BCUT2D eigenvalue weighted by Gasteiger charge is 2.10. The van der Waals surface area contributed by atoms with Crippen LogP contribution in [0.3, 0.4) is 0 Å². The van der Waals surface area contributed by atoms with Gasteiger partial charge in [0.1, 0.15) is 12.4 Å². The molecule has 1 atom stereocenters. The van der Waals surface area contributed by atoms with Gasteiger partial charge in [-0.2, -0.15) is 0 Å². The Morgan fingerprint density at radius 3 is 2.72 bits per heavy atom. The lowest BCUT2D eigenvalue weighted by Crippen LogP contribution is -2.40. The highest BCUT2D eigenvalue weighted by atomic mass is 16.3. The number of aryl methyl sites for hydroxylation is 1. The molecule has 1 unspecified atom stereocenters. The highest BCUT2D eigenvalue weighted by Crippen LogP contribution is 2.14. The second kappa shape index (κ2) is 10.0. The maximum absolute atomic E-state index is 9.20. The molecule has 0 aliphatic carbocycles. The standard InChI is InChI=1S/C19H31N5O/c1-4-8-15(11-12-25)13-21-19(20-5-2)22-14-18-23-16-9-6-7-10-17(16)24(18)3/h6-7,9-10,15,25H,4-5,8,11-14H2,1-3H3,(H2,20,21,22). The minimum absolute atomic E-state index is 0.236. The Morgan fingerprint density at radius 1 is 1.24 bits per heavy atom. The molecule has 1 heterocycles. The number of nitrogens with zero attached hydrogens (tertiary/aromatic N) is 3. The third-order valence-corrected chi connectivity index (χ3v) is 4.40. The molecule has 138 valence electrons. The van der Waals surface area contributed by atoms with Gasteiger partial charge in [-0.25, -0.2) is 9.98 Å². The van der Waals surface area contributed by atoms with Crippen LogP contribution in [0.4, 0.5) is 0 Å². The number of aliphatic hydroxyl groups excluding tert-OH is 1. The number of hydrogen-bond acceptors (Lipinski definition) is 3. The minimum atomic E-state index is 0.236. The van der Waals surface area contributed by atoms with Crippen molar-refractivity contribution in [1.82, 2.24) is 20.2 Å². The number of guanidine groups is 1. The van der Waals surface area contributed by atoms with Crippen LogP contribution in [0.1, 0.15) is 38.9 Å². The lowest BCUT2D eigenvalue weighted by atomic mass is 10.0. The van der Waals surface area contributed by atoms with Crippen molar-refractivity contribution in [2.24, 2.45) is 18.0 Å². The van der Waals surface area contributed by atoms with E-state index in [0.717, 1.165) is 55.2 Å². The van der Waals surface area contributed by atoms with E-state index in [1.807, 2.05) is 25.2 Å². The molecule has 0 spiro atoms. The zero-order valence-corrected chi connectivity index (χ0v) is 15.6. The van der Waals surface area contributed by atoms with Crippen molar-refractivity contribution in [2.45, 2.75) is 39.7 Å². The second-order valence-corrected chi connectivity index (χ2v) is 6.32. The van der Waals surface area contributed by atoms with E-state index in [2.05, 4.69) is 45.1 Å². The van der Waals surface area contributed by atoms with E-state index in [-0.39, 0.29) is 6.61 Å². The number of nitrogens with one attached hydrogen (secondary N) is 2. The van der Waals surface area contributed by atoms with Gasteiger partial charge in [-0.05, 0) is 37.8 Å². The predicted molar refractivity (Wildman–Crippen MR) is 104 cm³/mol. The first-order valence-electron chi connectivity index (χ1n) is 9.22. The van der Waals surface area contributed by atoms with E-state index < -0.39 is 0 Å². The van der Waals surface area contributed by atoms with Crippen molar-refractivity contribution in [3.05, 3.63) is 30.1 Å². The van der Waals surface area contributed by atoms with Crippen LogP contribution in [0.5, 0.6) is 0 Å². The average Bonchev–Trinajstić information content (AvgIpc) is 2.94. The Morgan fingerprint density at radius 2 is 2.04 bits per heavy atom. The number of hydrogen-bond donors (Lipinski definition) is 3. The van der Waals surface area contributed by atoms with Crippen LogP contribution in [-0.2, 0) is 13.6 Å². The van der Waals surface area contributed by atoms with Gasteiger partial charge in [0.2, 0.25) is 0 Å². The largest absolute Gasteiger partial charge is 0.396 e. The summed E-state index contributed by atoms with van der Waals surface area (Å²) >= 11 is 0. The topological polar surface area (TPSA) is 74.5 Å². The Bertz CT molecular complexity index is 674. The van der Waals surface area contributed by atoms with Crippen LogP contribution >= 0.6 is 0 Å². The zero-order chi connectivity index (χ0) is 18.1. The van der Waals surface area contributed by atoms with Crippen LogP contribution in [0.15, 0.2) is 29.3 Å². The lowest BCUT2D eigenvalue weighted by Gasteiger charge is -2.18. The van der Waals surface area contributed by atoms with Crippen molar-refractivity contribution >= 4 is 17.0 Å². The molecule has 0 saturated carbocycles. The Labute approximate surface area is 150 Å². The molecule has 0 aliphatic heterocycles. The predicted octanol–water partition coefficient (Wildman–Crippen LogP) is 2.43. The summed E-state index contributed by atoms with van der Waals surface area (Å²) in [5.41, 5.74) is 2.12. The number of fused-ring (bicyclic) bond motifs is 1. The van der Waals surface area contributed by atoms with Crippen LogP contribution in [0.25, 0.3) is 11.0 Å². The van der Waals surface area contributed by atoms with Crippen molar-refractivity contribution in [1.29, 1.82) is 0 Å². The molecule has 0 fully saturated rings. The molecule has 0 aliphatic rings. The van der Waals surface area contributed by atoms with E-state index >= 15 is 0 Å². The summed E-state index contributed by atoms with van der Waals surface area (Å²) in [6, 6.07) is 8.13. The first-order chi connectivity index (χ1) is 12.2. The van der Waals surface area contributed by atoms with Crippen LogP contribution in [-0.4, -0.2) is 40.3 Å². The van der Waals surface area contributed by atoms with Gasteiger partial charge in [-0.3, -0.25) is 0 Å². The highest BCUT2D eigenvalue weighted by molar-refractivity contribution is 5.80. The molecule has 3 N–H and O–H groups in total. The normalized spacial score (nSPS) is 13.2. The summed E-state index contributed by atoms with van der Waals surface area (Å²) in [4.78, 5) is 9.35. The lowest BCUT2D eigenvalue weighted by molar-refractivity contribution is 0.251. The van der Waals surface area contributed by atoms with Gasteiger partial charge in [0, 0.05) is 26.7 Å². The van der Waals surface area contributed by atoms with Gasteiger partial charge in [0.05, 0.1) is 11.0 Å². The van der Waals surface area contributed by atoms with Crippen LogP contribution in [0, 0.1) is 5.92 Å². The molecule has 1 aromatic heterocycles. The summed E-state index contributed by atoms with van der Waals surface area (Å²) in [6.45, 7) is 6.63. The van der Waals surface area contributed by atoms with E-state index in [1.54, 1.807) is 0 Å². The molecule has 25 heavy (non-hydrogen) atoms. The molecule has 2 aromatic rings. The number of aliphatic imine (C=N–C) groups is 1. The molecule has 1 aromatic carbocycles. The zero-order valence-electron chi connectivity index (χ0n) is 15.6. The maximum atomic E-state index is 9.20. The molecule has 0 bridgehead atoms. The van der Waals surface area contributed by atoms with Crippen LogP contribution in [0.2, 0.25) is 0 Å². The minimum Gasteiger partial charge on any atom is -0.396 e. The molecule has 0 amide bonds. The molecular weight excluding hydrogens is 314 g/mol. The summed E-state index contributed by atoms with van der Waals surface area (Å²) in [5.74, 6) is 2.21. The fourth-order valence-electron chi connectivity index (χ4n) is 3.01. The number of benzene rings is 1. The average molecular weight is 345 g/mol. The van der Waals surface area contributed by atoms with Crippen molar-refractivity contribution in [3.63, 3.8) is 0 Å². The third-order valence-electron chi connectivity index (χ3n) is 4.40. The SMILES string of the molecule is CCCC(CCO)CNC(=NCc1nc2ccccc2n1C)NCC. The first kappa shape index (κ1) is 19.2. The third kappa shape index (κ3) is 5.46. The van der Waals surface area contributed by atoms with Gasteiger partial charge in [-0.15, -0.1) is 0 Å². The van der Waals surface area contributed by atoms with E-state index in [9.17, 15) is 5.11 Å². The van der Waals surface area contributed by atoms with Gasteiger partial charge < -0.3 is 20.3 Å². The van der Waals surface area contributed by atoms with E-state index in [0.29, 0.717) is 12.5 Å². The fourth-order valence-corrected chi connectivity index (χ4v) is 3.01. The molecular formula is C19H31N5O. The Balaban J connectivity index is 2.03. The van der Waals surface area contributed by atoms with Gasteiger partial charge in [0.15, 0.2) is 5.96 Å². The number of rotatable bonds is 9. The van der Waals surface area contributed by atoms with Crippen LogP contribution < -0.4 is 10.6 Å². The van der Waals surface area contributed by atoms with Crippen molar-refractivity contribution < 1.29 is 5.11 Å². The Hall–Kier alpha value is -2.08. The second-order valence-electron chi connectivity index (χ2n) is 6.32. The Kier molecular flexibility index (Phi) is 7.73. The van der Waals surface area contributed by atoms with Gasteiger partial charge in [-0.1, -0.05) is 25.5 Å². The monoisotopic (exact) mass is 345 g/mol. The molecule has 6 nitrogen and oxygen atoms in total. The fraction of sp³-hybridized carbons (Fsp3) is 0.579. The molecule has 0 radical (unpaired) electrons. The summed E-state index contributed by atoms with van der Waals surface area (Å²) in [7, 11) is 2.03. The quantitative estimate of drug-likeness (QED) is 0.482. The molecule has 2 rings (SSSR count). The van der Waals surface area contributed by atoms with Crippen molar-refractivity contribution in [2.75, 3.05) is 19.7 Å². The number of imidazole rings is 1. The van der Waals surface area contributed by atoms with E-state index in [4.69, 9.17) is 0 Å². The smallest absolute Gasteiger partial charge is 0.191 e. The number of aliphatic hydroxyl groups is 1. The van der Waals surface area contributed by atoms with E-state index in [1.165, 1.54) is 0 Å². The summed E-state index contributed by atoms with van der Waals surface area (Å²) in [5, 5.41) is 15.9. The van der Waals surface area contributed by atoms with Gasteiger partial charge in [0.25, 0.3) is 0 Å². The van der Waals surface area contributed by atoms with Crippen molar-refractivity contribution in [3.8, 4) is 0 Å². The number of para-hydroxylation sites is 2. The summed E-state index contributed by atoms with van der Waals surface area (Å²) < 4.78 is 2.09. The first-order valence-corrected chi connectivity index (χ1v) is 9.22. The molecule has 0 saturated heterocycles.